The van der Waals surface area contributed by atoms with Crippen LogP contribution in [0.3, 0.4) is 0 Å². The third-order valence-electron chi connectivity index (χ3n) is 2.82. The summed E-state index contributed by atoms with van der Waals surface area (Å²) in [4.78, 5) is 0. The lowest BCUT2D eigenvalue weighted by Gasteiger charge is -2.19. The van der Waals surface area contributed by atoms with Gasteiger partial charge in [0.1, 0.15) is 0 Å². The average molecular weight is 182 g/mol. The van der Waals surface area contributed by atoms with Gasteiger partial charge in [0.15, 0.2) is 0 Å². The van der Waals surface area contributed by atoms with E-state index in [0.717, 1.165) is 5.92 Å². The lowest BCUT2D eigenvalue weighted by Crippen LogP contribution is -2.09. The molecule has 0 bridgehead atoms. The average Bonchev–Trinajstić information content (AvgIpc) is 2.15. The molecule has 0 fully saturated rings. The predicted octanol–water partition coefficient (Wildman–Crippen LogP) is 3.14. The molecule has 0 aromatic rings. The Morgan fingerprint density at radius 3 is 2.92 bits per heavy atom. The zero-order chi connectivity index (χ0) is 9.68. The van der Waals surface area contributed by atoms with Crippen LogP contribution in [0, 0.1) is 11.8 Å². The molecule has 1 nitrogen and oxygen atoms in total. The summed E-state index contributed by atoms with van der Waals surface area (Å²) in [6, 6.07) is 0. The number of hydrogen-bond donors (Lipinski definition) is 1. The minimum atomic E-state index is 0.338. The third-order valence-corrected chi connectivity index (χ3v) is 2.82. The Kier molecular flexibility index (Phi) is 4.51. The number of hydrogen-bond acceptors (Lipinski definition) is 1. The highest BCUT2D eigenvalue weighted by atomic mass is 16.3. The fourth-order valence-corrected chi connectivity index (χ4v) is 1.92. The molecule has 1 atom stereocenters. The first-order chi connectivity index (χ1) is 6.22. The van der Waals surface area contributed by atoms with E-state index in [2.05, 4.69) is 19.9 Å². The van der Waals surface area contributed by atoms with Gasteiger partial charge in [-0.25, -0.2) is 0 Å². The molecular weight excluding hydrogens is 160 g/mol. The van der Waals surface area contributed by atoms with Crippen LogP contribution in [0.5, 0.6) is 0 Å². The molecule has 0 aromatic carbocycles. The summed E-state index contributed by atoms with van der Waals surface area (Å²) in [5.74, 6) is 1.26. The highest BCUT2D eigenvalue weighted by Gasteiger charge is 2.12. The van der Waals surface area contributed by atoms with E-state index in [-0.39, 0.29) is 0 Å². The van der Waals surface area contributed by atoms with Gasteiger partial charge in [-0.15, -0.1) is 0 Å². The van der Waals surface area contributed by atoms with Gasteiger partial charge >= 0.3 is 0 Å². The molecule has 1 aliphatic carbocycles. The SMILES string of the molecule is CC(C)CCC1=CC(CO)CCC1. The molecule has 0 saturated heterocycles. The van der Waals surface area contributed by atoms with Crippen molar-refractivity contribution in [2.75, 3.05) is 6.61 Å². The second-order valence-electron chi connectivity index (χ2n) is 4.59. The molecule has 0 amide bonds. The molecule has 0 saturated carbocycles. The van der Waals surface area contributed by atoms with Crippen molar-refractivity contribution in [1.82, 2.24) is 0 Å². The number of aliphatic hydroxyl groups is 1. The molecule has 0 aromatic heterocycles. The highest BCUT2D eigenvalue weighted by molar-refractivity contribution is 5.08. The molecule has 1 rings (SSSR count). The maximum atomic E-state index is 9.04. The van der Waals surface area contributed by atoms with Crippen molar-refractivity contribution in [2.45, 2.75) is 46.0 Å². The largest absolute Gasteiger partial charge is 0.396 e. The van der Waals surface area contributed by atoms with E-state index < -0.39 is 0 Å². The summed E-state index contributed by atoms with van der Waals surface area (Å²) < 4.78 is 0. The minimum Gasteiger partial charge on any atom is -0.396 e. The summed E-state index contributed by atoms with van der Waals surface area (Å²) >= 11 is 0. The van der Waals surface area contributed by atoms with Gasteiger partial charge in [-0.05, 0) is 38.0 Å². The zero-order valence-corrected chi connectivity index (χ0v) is 8.92. The molecule has 0 heterocycles. The summed E-state index contributed by atoms with van der Waals surface area (Å²) in [5, 5.41) is 9.04. The van der Waals surface area contributed by atoms with Crippen molar-refractivity contribution in [1.29, 1.82) is 0 Å². The first-order valence-electron chi connectivity index (χ1n) is 5.52. The van der Waals surface area contributed by atoms with E-state index in [0.29, 0.717) is 12.5 Å². The Morgan fingerprint density at radius 2 is 2.31 bits per heavy atom. The second kappa shape index (κ2) is 5.43. The van der Waals surface area contributed by atoms with Gasteiger partial charge in [0.05, 0.1) is 0 Å². The first-order valence-corrected chi connectivity index (χ1v) is 5.52. The molecule has 0 aliphatic heterocycles. The number of aliphatic hydroxyl groups excluding tert-OH is 1. The summed E-state index contributed by atoms with van der Waals surface area (Å²) in [5.41, 5.74) is 1.58. The molecule has 0 spiro atoms. The molecule has 13 heavy (non-hydrogen) atoms. The second-order valence-corrected chi connectivity index (χ2v) is 4.59. The summed E-state index contributed by atoms with van der Waals surface area (Å²) in [6.45, 7) is 4.88. The Labute approximate surface area is 81.9 Å². The predicted molar refractivity (Wildman–Crippen MR) is 56.6 cm³/mol. The van der Waals surface area contributed by atoms with Crippen LogP contribution < -0.4 is 0 Å². The van der Waals surface area contributed by atoms with E-state index in [4.69, 9.17) is 5.11 Å². The smallest absolute Gasteiger partial charge is 0.0493 e. The molecule has 1 N–H and O–H groups in total. The minimum absolute atomic E-state index is 0.338. The van der Waals surface area contributed by atoms with Crippen LogP contribution in [0.4, 0.5) is 0 Å². The molecule has 0 radical (unpaired) electrons. The van der Waals surface area contributed by atoms with Gasteiger partial charge in [0.2, 0.25) is 0 Å². The van der Waals surface area contributed by atoms with Crippen LogP contribution in [0.15, 0.2) is 11.6 Å². The van der Waals surface area contributed by atoms with E-state index in [1.165, 1.54) is 32.1 Å². The fourth-order valence-electron chi connectivity index (χ4n) is 1.92. The van der Waals surface area contributed by atoms with Gasteiger partial charge in [0, 0.05) is 12.5 Å². The molecule has 1 unspecified atom stereocenters. The Balaban J connectivity index is 2.35. The molecule has 1 aliphatic rings. The van der Waals surface area contributed by atoms with Crippen LogP contribution >= 0.6 is 0 Å². The first kappa shape index (κ1) is 10.8. The molecule has 76 valence electrons. The van der Waals surface area contributed by atoms with Gasteiger partial charge in [-0.2, -0.15) is 0 Å². The van der Waals surface area contributed by atoms with Crippen LogP contribution in [-0.2, 0) is 0 Å². The normalized spacial score (nSPS) is 23.4. The van der Waals surface area contributed by atoms with Gasteiger partial charge < -0.3 is 5.11 Å². The van der Waals surface area contributed by atoms with Crippen LogP contribution in [0.1, 0.15) is 46.0 Å². The summed E-state index contributed by atoms with van der Waals surface area (Å²) in [6.07, 6.45) is 8.57. The standard InChI is InChI=1S/C12H22O/c1-10(2)6-7-11-4-3-5-12(8-11)9-13/h8,10,12-13H,3-7,9H2,1-2H3. The molecule has 1 heteroatoms. The highest BCUT2D eigenvalue weighted by Crippen LogP contribution is 2.26. The van der Waals surface area contributed by atoms with Crippen LogP contribution in [0.25, 0.3) is 0 Å². The van der Waals surface area contributed by atoms with Crippen LogP contribution in [0.2, 0.25) is 0 Å². The van der Waals surface area contributed by atoms with Crippen molar-refractivity contribution >= 4 is 0 Å². The number of rotatable bonds is 4. The van der Waals surface area contributed by atoms with E-state index in [9.17, 15) is 0 Å². The monoisotopic (exact) mass is 182 g/mol. The summed E-state index contributed by atoms with van der Waals surface area (Å²) in [7, 11) is 0. The maximum Gasteiger partial charge on any atom is 0.0493 e. The number of allylic oxidation sites excluding steroid dienone is 1. The maximum absolute atomic E-state index is 9.04. The van der Waals surface area contributed by atoms with Crippen molar-refractivity contribution < 1.29 is 5.11 Å². The zero-order valence-electron chi connectivity index (χ0n) is 8.92. The van der Waals surface area contributed by atoms with E-state index in [1.807, 2.05) is 0 Å². The van der Waals surface area contributed by atoms with E-state index >= 15 is 0 Å². The molecular formula is C12H22O. The van der Waals surface area contributed by atoms with Gasteiger partial charge in [-0.3, -0.25) is 0 Å². The van der Waals surface area contributed by atoms with Crippen molar-refractivity contribution in [2.24, 2.45) is 11.8 Å². The lowest BCUT2D eigenvalue weighted by atomic mass is 9.88. The lowest BCUT2D eigenvalue weighted by molar-refractivity contribution is 0.239. The van der Waals surface area contributed by atoms with E-state index in [1.54, 1.807) is 5.57 Å². The Hall–Kier alpha value is -0.300. The third kappa shape index (κ3) is 3.95. The van der Waals surface area contributed by atoms with Crippen molar-refractivity contribution in [3.8, 4) is 0 Å². The fraction of sp³-hybridized carbons (Fsp3) is 0.833. The topological polar surface area (TPSA) is 20.2 Å². The quantitative estimate of drug-likeness (QED) is 0.662. The van der Waals surface area contributed by atoms with Gasteiger partial charge in [0.25, 0.3) is 0 Å². The Bertz CT molecular complexity index is 170. The van der Waals surface area contributed by atoms with Crippen molar-refractivity contribution in [3.05, 3.63) is 11.6 Å². The Morgan fingerprint density at radius 1 is 1.54 bits per heavy atom. The van der Waals surface area contributed by atoms with Crippen molar-refractivity contribution in [3.63, 3.8) is 0 Å². The van der Waals surface area contributed by atoms with Crippen LogP contribution in [-0.4, -0.2) is 11.7 Å². The van der Waals surface area contributed by atoms with Gasteiger partial charge in [-0.1, -0.05) is 25.5 Å².